The zero-order valence-electron chi connectivity index (χ0n) is 10.4. The quantitative estimate of drug-likeness (QED) is 0.721. The van der Waals surface area contributed by atoms with E-state index in [2.05, 4.69) is 44.3 Å². The zero-order chi connectivity index (χ0) is 13.2. The van der Waals surface area contributed by atoms with Gasteiger partial charge in [0.15, 0.2) is 0 Å². The third-order valence-corrected chi connectivity index (χ3v) is 4.48. The predicted molar refractivity (Wildman–Crippen MR) is 82.5 cm³/mol. The molecular weight excluding hydrogens is 322 g/mol. The smallest absolute Gasteiger partial charge is 0.124 e. The van der Waals surface area contributed by atoms with Gasteiger partial charge in [-0.2, -0.15) is 5.10 Å². The number of alkyl halides is 1. The molecule has 0 saturated carbocycles. The van der Waals surface area contributed by atoms with Crippen molar-refractivity contribution in [2.45, 2.75) is 12.3 Å². The van der Waals surface area contributed by atoms with Gasteiger partial charge in [0.2, 0.25) is 0 Å². The zero-order valence-corrected chi connectivity index (χ0v) is 12.8. The van der Waals surface area contributed by atoms with E-state index in [0.717, 1.165) is 37.9 Å². The second-order valence-corrected chi connectivity index (χ2v) is 5.79. The Morgan fingerprint density at radius 3 is 2.68 bits per heavy atom. The fraction of sp³-hybridized carbons (Fsp3) is 0.143. The summed E-state index contributed by atoms with van der Waals surface area (Å²) < 4.78 is 0. The number of aryl methyl sites for hydroxylation is 1. The molecule has 3 aromatic rings. The molecule has 0 aliphatic carbocycles. The van der Waals surface area contributed by atoms with Gasteiger partial charge in [0, 0.05) is 16.6 Å². The lowest BCUT2D eigenvalue weighted by Crippen LogP contribution is -1.82. The van der Waals surface area contributed by atoms with Crippen LogP contribution in [-0.2, 0) is 5.33 Å². The predicted octanol–water partition coefficient (Wildman–Crippen LogP) is 4.40. The summed E-state index contributed by atoms with van der Waals surface area (Å²) in [6, 6.07) is 12.3. The van der Waals surface area contributed by atoms with Gasteiger partial charge in [-0.05, 0) is 13.0 Å². The molecule has 0 aliphatic heterocycles. The minimum Gasteiger partial charge on any atom is -0.282 e. The average Bonchev–Trinajstić information content (AvgIpc) is 3.05. The Bertz CT molecular complexity index is 688. The molecule has 1 N–H and O–H groups in total. The van der Waals surface area contributed by atoms with Crippen LogP contribution in [0, 0.1) is 6.92 Å². The van der Waals surface area contributed by atoms with Crippen LogP contribution >= 0.6 is 27.3 Å². The van der Waals surface area contributed by atoms with Gasteiger partial charge in [-0.15, -0.1) is 11.3 Å². The summed E-state index contributed by atoms with van der Waals surface area (Å²) >= 11 is 5.18. The number of H-pyrrole nitrogens is 1. The van der Waals surface area contributed by atoms with E-state index >= 15 is 0 Å². The van der Waals surface area contributed by atoms with Crippen molar-refractivity contribution >= 4 is 27.3 Å². The summed E-state index contributed by atoms with van der Waals surface area (Å²) in [4.78, 5) is 5.83. The summed E-state index contributed by atoms with van der Waals surface area (Å²) in [6.45, 7) is 2.00. The Balaban J connectivity index is 2.09. The van der Waals surface area contributed by atoms with Crippen LogP contribution in [0.5, 0.6) is 0 Å². The summed E-state index contributed by atoms with van der Waals surface area (Å²) in [6.07, 6.45) is 0. The van der Waals surface area contributed by atoms with E-state index in [9.17, 15) is 0 Å². The highest BCUT2D eigenvalue weighted by atomic mass is 79.9. The number of thiazole rings is 1. The van der Waals surface area contributed by atoms with E-state index in [1.54, 1.807) is 11.3 Å². The number of nitrogens with zero attached hydrogens (tertiary/aromatic N) is 2. The number of rotatable bonds is 3. The molecule has 96 valence electrons. The largest absolute Gasteiger partial charge is 0.282 e. The number of benzene rings is 1. The van der Waals surface area contributed by atoms with E-state index in [-0.39, 0.29) is 0 Å². The topological polar surface area (TPSA) is 41.6 Å². The summed E-state index contributed by atoms with van der Waals surface area (Å²) in [5, 5.41) is 9.07. The van der Waals surface area contributed by atoms with Crippen molar-refractivity contribution in [2.24, 2.45) is 0 Å². The number of hydrogen-bond donors (Lipinski definition) is 1. The minimum atomic E-state index is 0.734. The molecule has 1 aromatic carbocycles. The molecule has 19 heavy (non-hydrogen) atoms. The highest BCUT2D eigenvalue weighted by Crippen LogP contribution is 2.35. The molecule has 0 radical (unpaired) electrons. The Morgan fingerprint density at radius 1 is 1.26 bits per heavy atom. The molecule has 3 nitrogen and oxygen atoms in total. The molecule has 0 amide bonds. The second-order valence-electron chi connectivity index (χ2n) is 4.23. The van der Waals surface area contributed by atoms with Gasteiger partial charge in [0.25, 0.3) is 0 Å². The van der Waals surface area contributed by atoms with Crippen LogP contribution in [0.25, 0.3) is 21.1 Å². The summed E-state index contributed by atoms with van der Waals surface area (Å²) in [5.74, 6) is 0. The van der Waals surface area contributed by atoms with Crippen LogP contribution in [0.3, 0.4) is 0 Å². The lowest BCUT2D eigenvalue weighted by Gasteiger charge is -1.92. The number of aromatic amines is 1. The first-order chi connectivity index (χ1) is 9.28. The van der Waals surface area contributed by atoms with Crippen LogP contribution in [0.4, 0.5) is 0 Å². The summed E-state index contributed by atoms with van der Waals surface area (Å²) in [7, 11) is 0. The van der Waals surface area contributed by atoms with Crippen LogP contribution in [-0.4, -0.2) is 15.2 Å². The van der Waals surface area contributed by atoms with Crippen LogP contribution in [0.15, 0.2) is 36.4 Å². The van der Waals surface area contributed by atoms with Gasteiger partial charge in [-0.25, -0.2) is 4.98 Å². The van der Waals surface area contributed by atoms with Crippen molar-refractivity contribution in [1.82, 2.24) is 15.2 Å². The van der Waals surface area contributed by atoms with E-state index in [1.807, 2.05) is 25.1 Å². The van der Waals surface area contributed by atoms with Crippen molar-refractivity contribution in [1.29, 1.82) is 0 Å². The molecule has 0 fully saturated rings. The normalized spacial score (nSPS) is 10.8. The van der Waals surface area contributed by atoms with Crippen molar-refractivity contribution in [2.75, 3.05) is 0 Å². The highest BCUT2D eigenvalue weighted by Gasteiger charge is 2.15. The van der Waals surface area contributed by atoms with Crippen molar-refractivity contribution in [3.8, 4) is 21.1 Å². The van der Waals surface area contributed by atoms with Crippen LogP contribution in [0.1, 0.15) is 11.4 Å². The van der Waals surface area contributed by atoms with Crippen molar-refractivity contribution in [3.05, 3.63) is 47.8 Å². The van der Waals surface area contributed by atoms with Gasteiger partial charge in [-0.1, -0.05) is 46.3 Å². The van der Waals surface area contributed by atoms with Gasteiger partial charge in [0.1, 0.15) is 10.7 Å². The molecule has 3 rings (SSSR count). The lowest BCUT2D eigenvalue weighted by atomic mass is 10.2. The maximum absolute atomic E-state index is 4.70. The van der Waals surface area contributed by atoms with Gasteiger partial charge < -0.3 is 0 Å². The second kappa shape index (κ2) is 5.27. The number of hydrogen-bond acceptors (Lipinski definition) is 3. The molecule has 0 aliphatic rings. The Morgan fingerprint density at radius 2 is 2.05 bits per heavy atom. The van der Waals surface area contributed by atoms with Crippen molar-refractivity contribution < 1.29 is 0 Å². The lowest BCUT2D eigenvalue weighted by molar-refractivity contribution is 1.05. The molecule has 0 bridgehead atoms. The third kappa shape index (κ3) is 2.48. The first kappa shape index (κ1) is 12.6. The number of halogens is 1. The Kier molecular flexibility index (Phi) is 3.48. The average molecular weight is 334 g/mol. The van der Waals surface area contributed by atoms with Crippen LogP contribution in [0.2, 0.25) is 0 Å². The minimum absolute atomic E-state index is 0.734. The monoisotopic (exact) mass is 333 g/mol. The maximum Gasteiger partial charge on any atom is 0.124 e. The third-order valence-electron chi connectivity index (χ3n) is 2.78. The molecule has 5 heteroatoms. The van der Waals surface area contributed by atoms with Crippen LogP contribution < -0.4 is 0 Å². The molecular formula is C14H12BrN3S. The first-order valence-corrected chi connectivity index (χ1v) is 7.85. The maximum atomic E-state index is 4.70. The Labute approximate surface area is 123 Å². The number of nitrogens with one attached hydrogen (secondary N) is 1. The molecule has 0 spiro atoms. The van der Waals surface area contributed by atoms with Gasteiger partial charge >= 0.3 is 0 Å². The molecule has 0 saturated heterocycles. The molecule has 2 heterocycles. The molecule has 0 unspecified atom stereocenters. The van der Waals surface area contributed by atoms with E-state index in [4.69, 9.17) is 4.98 Å². The molecule has 2 aromatic heterocycles. The van der Waals surface area contributed by atoms with Crippen molar-refractivity contribution in [3.63, 3.8) is 0 Å². The fourth-order valence-corrected chi connectivity index (χ4v) is 3.52. The van der Waals surface area contributed by atoms with E-state index in [0.29, 0.717) is 0 Å². The highest BCUT2D eigenvalue weighted by molar-refractivity contribution is 9.08. The van der Waals surface area contributed by atoms with E-state index in [1.165, 1.54) is 0 Å². The van der Waals surface area contributed by atoms with Gasteiger partial charge in [-0.3, -0.25) is 5.10 Å². The van der Waals surface area contributed by atoms with E-state index < -0.39 is 0 Å². The Hall–Kier alpha value is -1.46. The fourth-order valence-electron chi connectivity index (χ4n) is 1.88. The first-order valence-electron chi connectivity index (χ1n) is 5.91. The van der Waals surface area contributed by atoms with Gasteiger partial charge in [0.05, 0.1) is 10.6 Å². The SMILES string of the molecule is Cc1cc(-c2sc(-c3ccccc3)nc2CBr)n[nH]1. The summed E-state index contributed by atoms with van der Waals surface area (Å²) in [5.41, 5.74) is 4.21. The number of aromatic nitrogens is 3. The molecule has 0 atom stereocenters. The standard InChI is InChI=1S/C14H12BrN3S/c1-9-7-11(18-17-9)13-12(8-15)16-14(19-13)10-5-3-2-4-6-10/h2-7H,8H2,1H3,(H,17,18).